The van der Waals surface area contributed by atoms with Crippen LogP contribution >= 0.6 is 11.8 Å². The van der Waals surface area contributed by atoms with Gasteiger partial charge in [0.2, 0.25) is 5.17 Å². The average molecular weight is 284 g/mol. The number of hydrogen-bond acceptors (Lipinski definition) is 3. The third-order valence-corrected chi connectivity index (χ3v) is 4.26. The summed E-state index contributed by atoms with van der Waals surface area (Å²) in [5, 5.41) is 2.69. The van der Waals surface area contributed by atoms with Crippen LogP contribution in [0.3, 0.4) is 0 Å². The van der Waals surface area contributed by atoms with Crippen molar-refractivity contribution < 1.29 is 4.79 Å². The molecule has 3 rings (SSSR count). The molecule has 20 heavy (non-hydrogen) atoms. The van der Waals surface area contributed by atoms with Gasteiger partial charge in [-0.3, -0.25) is 4.79 Å². The molecule has 1 fully saturated rings. The fourth-order valence-corrected chi connectivity index (χ4v) is 2.86. The highest BCUT2D eigenvalue weighted by Gasteiger charge is 2.22. The van der Waals surface area contributed by atoms with Crippen LogP contribution in [0.2, 0.25) is 0 Å². The van der Waals surface area contributed by atoms with Gasteiger partial charge in [-0.05, 0) is 23.3 Å². The van der Waals surface area contributed by atoms with Gasteiger partial charge in [-0.15, -0.1) is 0 Å². The Bertz CT molecular complexity index is 678. The number of nitrogens with zero attached hydrogens (tertiary/aromatic N) is 2. The molecule has 0 saturated carbocycles. The van der Waals surface area contributed by atoms with Crippen molar-refractivity contribution in [2.24, 2.45) is 4.99 Å². The van der Waals surface area contributed by atoms with E-state index in [0.717, 1.165) is 17.2 Å². The molecule has 1 heterocycles. The summed E-state index contributed by atoms with van der Waals surface area (Å²) >= 11 is 1.49. The van der Waals surface area contributed by atoms with E-state index in [2.05, 4.69) is 22.8 Å². The molecule has 0 spiro atoms. The summed E-state index contributed by atoms with van der Waals surface area (Å²) in [5.74, 6) is -0.244. The van der Waals surface area contributed by atoms with Crippen molar-refractivity contribution >= 4 is 33.6 Å². The minimum atomic E-state index is -0.244. The summed E-state index contributed by atoms with van der Waals surface area (Å²) in [6.07, 6.45) is 0.940. The van der Waals surface area contributed by atoms with Crippen LogP contribution in [0, 0.1) is 0 Å². The Morgan fingerprint density at radius 1 is 1.30 bits per heavy atom. The van der Waals surface area contributed by atoms with Crippen molar-refractivity contribution in [3.8, 4) is 0 Å². The molecule has 1 saturated heterocycles. The van der Waals surface area contributed by atoms with E-state index in [1.165, 1.54) is 11.8 Å². The number of nitrogens with one attached hydrogen (secondary N) is 1. The summed E-state index contributed by atoms with van der Waals surface area (Å²) in [7, 11) is 0. The van der Waals surface area contributed by atoms with Gasteiger partial charge in [0.15, 0.2) is 0 Å². The van der Waals surface area contributed by atoms with Gasteiger partial charge in [0.25, 0.3) is 5.91 Å². The summed E-state index contributed by atoms with van der Waals surface area (Å²) in [6, 6.07) is 13.5. The highest BCUT2D eigenvalue weighted by Crippen LogP contribution is 2.22. The molecule has 1 N–H and O–H groups in total. The lowest BCUT2D eigenvalue weighted by Crippen LogP contribution is -2.24. The standard InChI is InChI=1S/C15H14N3OS/c1-2-13-17-18-15(20-13)16-14(19)12-9-5-7-10-6-3-4-8-11(10)12/h3-9,13,17H,2H2,1H3. The Balaban J connectivity index is 1.92. The predicted octanol–water partition coefficient (Wildman–Crippen LogP) is 2.93. The zero-order valence-electron chi connectivity index (χ0n) is 11.0. The van der Waals surface area contributed by atoms with Crippen molar-refractivity contribution in [3.63, 3.8) is 0 Å². The van der Waals surface area contributed by atoms with Crippen LogP contribution in [-0.2, 0) is 0 Å². The molecule has 1 amide bonds. The Morgan fingerprint density at radius 2 is 2.10 bits per heavy atom. The summed E-state index contributed by atoms with van der Waals surface area (Å²) < 4.78 is 0. The molecule has 1 unspecified atom stereocenters. The quantitative estimate of drug-likeness (QED) is 0.922. The van der Waals surface area contributed by atoms with Gasteiger partial charge >= 0.3 is 0 Å². The van der Waals surface area contributed by atoms with Crippen molar-refractivity contribution in [2.45, 2.75) is 18.7 Å². The highest BCUT2D eigenvalue weighted by molar-refractivity contribution is 8.14. The van der Waals surface area contributed by atoms with E-state index < -0.39 is 0 Å². The molecule has 4 nitrogen and oxygen atoms in total. The topological polar surface area (TPSA) is 55.6 Å². The predicted molar refractivity (Wildman–Crippen MR) is 82.7 cm³/mol. The van der Waals surface area contributed by atoms with E-state index in [1.807, 2.05) is 36.4 Å². The first-order valence-corrected chi connectivity index (χ1v) is 7.39. The number of hydrogen-bond donors (Lipinski definition) is 1. The van der Waals surface area contributed by atoms with Crippen LogP contribution in [-0.4, -0.2) is 16.4 Å². The molecule has 0 aliphatic carbocycles. The zero-order chi connectivity index (χ0) is 13.9. The van der Waals surface area contributed by atoms with E-state index in [4.69, 9.17) is 0 Å². The molecular formula is C15H14N3OS. The van der Waals surface area contributed by atoms with Gasteiger partial charge in [0.1, 0.15) is 0 Å². The van der Waals surface area contributed by atoms with Crippen LogP contribution in [0.15, 0.2) is 47.5 Å². The minimum absolute atomic E-state index is 0.217. The maximum absolute atomic E-state index is 12.3. The molecule has 1 aliphatic rings. The third-order valence-electron chi connectivity index (χ3n) is 3.14. The molecule has 2 aromatic rings. The number of amidine groups is 1. The largest absolute Gasteiger partial charge is 0.280 e. The van der Waals surface area contributed by atoms with Crippen LogP contribution < -0.4 is 10.9 Å². The van der Waals surface area contributed by atoms with Gasteiger partial charge < -0.3 is 0 Å². The third kappa shape index (κ3) is 2.55. The molecule has 1 atom stereocenters. The second-order valence-corrected chi connectivity index (χ2v) is 5.65. The summed E-state index contributed by atoms with van der Waals surface area (Å²) in [6.45, 7) is 2.07. The average Bonchev–Trinajstić information content (AvgIpc) is 2.94. The van der Waals surface area contributed by atoms with Crippen LogP contribution in [0.5, 0.6) is 0 Å². The number of thioether (sulfide) groups is 1. The highest BCUT2D eigenvalue weighted by atomic mass is 32.2. The lowest BCUT2D eigenvalue weighted by Gasteiger charge is -2.02. The first kappa shape index (κ1) is 13.1. The maximum Gasteiger partial charge on any atom is 0.280 e. The van der Waals surface area contributed by atoms with Gasteiger partial charge in [-0.2, -0.15) is 15.8 Å². The Kier molecular flexibility index (Phi) is 3.71. The number of fused-ring (bicyclic) bond motifs is 1. The van der Waals surface area contributed by atoms with E-state index >= 15 is 0 Å². The van der Waals surface area contributed by atoms with Crippen molar-refractivity contribution in [1.82, 2.24) is 10.9 Å². The first-order chi connectivity index (χ1) is 9.78. The number of carbonyl (C=O) groups excluding carboxylic acids is 1. The minimum Gasteiger partial charge on any atom is -0.267 e. The number of rotatable bonds is 2. The van der Waals surface area contributed by atoms with Gasteiger partial charge in [0.05, 0.1) is 5.37 Å². The van der Waals surface area contributed by atoms with Crippen molar-refractivity contribution in [2.75, 3.05) is 0 Å². The lowest BCUT2D eigenvalue weighted by atomic mass is 10.0. The van der Waals surface area contributed by atoms with E-state index in [0.29, 0.717) is 10.7 Å². The monoisotopic (exact) mass is 284 g/mol. The maximum atomic E-state index is 12.3. The Morgan fingerprint density at radius 3 is 2.90 bits per heavy atom. The second-order valence-electron chi connectivity index (χ2n) is 4.48. The second kappa shape index (κ2) is 5.64. The van der Waals surface area contributed by atoms with Gasteiger partial charge in [0, 0.05) is 5.56 Å². The lowest BCUT2D eigenvalue weighted by molar-refractivity contribution is 0.100. The SMILES string of the molecule is CCC1N[N]C(=NC(=O)c2cccc3ccccc23)S1. The fourth-order valence-electron chi connectivity index (χ4n) is 2.09. The number of aliphatic imine (C=N–C) groups is 1. The van der Waals surface area contributed by atoms with Gasteiger partial charge in [-0.1, -0.05) is 55.1 Å². The van der Waals surface area contributed by atoms with E-state index in [1.54, 1.807) is 6.07 Å². The van der Waals surface area contributed by atoms with Gasteiger partial charge in [-0.25, -0.2) is 0 Å². The number of carbonyl (C=O) groups is 1. The van der Waals surface area contributed by atoms with Crippen molar-refractivity contribution in [1.29, 1.82) is 0 Å². The molecule has 0 aromatic heterocycles. The normalized spacial score (nSPS) is 20.2. The summed E-state index contributed by atoms with van der Waals surface area (Å²) in [5.41, 5.74) is 7.65. The number of benzene rings is 2. The smallest absolute Gasteiger partial charge is 0.267 e. The molecular weight excluding hydrogens is 270 g/mol. The molecule has 1 aliphatic heterocycles. The molecule has 2 aromatic carbocycles. The zero-order valence-corrected chi connectivity index (χ0v) is 11.9. The Hall–Kier alpha value is -1.85. The first-order valence-electron chi connectivity index (χ1n) is 6.51. The number of amides is 1. The Labute approximate surface area is 121 Å². The molecule has 5 heteroatoms. The van der Waals surface area contributed by atoms with E-state index in [9.17, 15) is 4.79 Å². The van der Waals surface area contributed by atoms with E-state index in [-0.39, 0.29) is 11.3 Å². The molecule has 101 valence electrons. The molecule has 1 radical (unpaired) electrons. The molecule has 0 bridgehead atoms. The van der Waals surface area contributed by atoms with Crippen LogP contribution in [0.25, 0.3) is 10.8 Å². The van der Waals surface area contributed by atoms with Crippen molar-refractivity contribution in [3.05, 3.63) is 48.0 Å². The summed E-state index contributed by atoms with van der Waals surface area (Å²) in [4.78, 5) is 16.4. The fraction of sp³-hybridized carbons (Fsp3) is 0.200. The van der Waals surface area contributed by atoms with Crippen LogP contribution in [0.4, 0.5) is 0 Å². The van der Waals surface area contributed by atoms with Crippen LogP contribution in [0.1, 0.15) is 23.7 Å².